The van der Waals surface area contributed by atoms with E-state index in [1.165, 1.54) is 12.1 Å². The molecule has 0 spiro atoms. The fourth-order valence-electron chi connectivity index (χ4n) is 5.75. The lowest BCUT2D eigenvalue weighted by Gasteiger charge is -2.37. The second kappa shape index (κ2) is 13.4. The van der Waals surface area contributed by atoms with E-state index in [2.05, 4.69) is 5.32 Å². The van der Waals surface area contributed by atoms with Crippen LogP contribution in [0.4, 0.5) is 22.0 Å². The SMILES string of the molecule is CCOc1ccc(-c2ccc(C(=O)C(F)(F)F)cc2)cc1CN(C(=O)c1sc2c(F)ccc(F)c2c1Cl)[C@H]1CC[C@H](NC)CC1. The second-order valence-electron chi connectivity index (χ2n) is 10.9. The van der Waals surface area contributed by atoms with E-state index in [4.69, 9.17) is 16.3 Å². The van der Waals surface area contributed by atoms with Crippen LogP contribution in [-0.4, -0.2) is 48.5 Å². The summed E-state index contributed by atoms with van der Waals surface area (Å²) in [5.74, 6) is -3.28. The number of ether oxygens (including phenoxy) is 1. The Kier molecular flexibility index (Phi) is 9.81. The third-order valence-electron chi connectivity index (χ3n) is 8.12. The molecule has 1 N–H and O–H groups in total. The number of rotatable bonds is 9. The first kappa shape index (κ1) is 32.8. The molecule has 1 saturated carbocycles. The van der Waals surface area contributed by atoms with Crippen molar-refractivity contribution in [2.75, 3.05) is 13.7 Å². The first-order chi connectivity index (χ1) is 21.4. The number of nitrogens with zero attached hydrogens (tertiary/aromatic N) is 1. The third kappa shape index (κ3) is 6.85. The first-order valence-electron chi connectivity index (χ1n) is 14.4. The monoisotopic (exact) mass is 664 g/mol. The number of alkyl halides is 3. The number of Topliss-reactive ketones (excluding diaryl/α,β-unsaturated/α-hetero) is 1. The van der Waals surface area contributed by atoms with Gasteiger partial charge in [-0.05, 0) is 75.0 Å². The largest absolute Gasteiger partial charge is 0.494 e. The maximum atomic E-state index is 14.7. The predicted molar refractivity (Wildman–Crippen MR) is 165 cm³/mol. The Morgan fingerprint density at radius 3 is 2.22 bits per heavy atom. The van der Waals surface area contributed by atoms with Gasteiger partial charge >= 0.3 is 6.18 Å². The van der Waals surface area contributed by atoms with Crippen LogP contribution in [-0.2, 0) is 6.54 Å². The van der Waals surface area contributed by atoms with Crippen LogP contribution in [0.5, 0.6) is 5.75 Å². The van der Waals surface area contributed by atoms with Crippen LogP contribution in [0.25, 0.3) is 21.2 Å². The summed E-state index contributed by atoms with van der Waals surface area (Å²) in [6, 6.07) is 12.4. The van der Waals surface area contributed by atoms with Crippen LogP contribution in [0.1, 0.15) is 58.2 Å². The fourth-order valence-corrected chi connectivity index (χ4v) is 7.25. The lowest BCUT2D eigenvalue weighted by molar-refractivity contribution is -0.0885. The minimum atomic E-state index is -4.98. The van der Waals surface area contributed by atoms with Gasteiger partial charge < -0.3 is 15.0 Å². The number of fused-ring (bicyclic) bond motifs is 1. The Bertz CT molecular complexity index is 1720. The molecule has 0 bridgehead atoms. The van der Waals surface area contributed by atoms with Gasteiger partial charge in [0.1, 0.15) is 22.3 Å². The van der Waals surface area contributed by atoms with E-state index in [1.54, 1.807) is 23.1 Å². The molecular formula is C33H30ClF5N2O3S. The van der Waals surface area contributed by atoms with E-state index in [-0.39, 0.29) is 32.6 Å². The molecule has 45 heavy (non-hydrogen) atoms. The van der Waals surface area contributed by atoms with Crippen molar-refractivity contribution in [3.63, 3.8) is 0 Å². The minimum Gasteiger partial charge on any atom is -0.494 e. The molecule has 1 aromatic heterocycles. The highest BCUT2D eigenvalue weighted by molar-refractivity contribution is 7.21. The number of hydrogen-bond donors (Lipinski definition) is 1. The molecule has 0 atom stereocenters. The highest BCUT2D eigenvalue weighted by Gasteiger charge is 2.39. The van der Waals surface area contributed by atoms with Crippen molar-refractivity contribution in [1.82, 2.24) is 10.2 Å². The van der Waals surface area contributed by atoms with Gasteiger partial charge in [0, 0.05) is 29.8 Å². The normalized spacial score (nSPS) is 17.0. The number of hydrogen-bond acceptors (Lipinski definition) is 5. The number of carbonyl (C=O) groups is 2. The Morgan fingerprint density at radius 2 is 1.62 bits per heavy atom. The summed E-state index contributed by atoms with van der Waals surface area (Å²) in [4.78, 5) is 27.6. The molecule has 1 fully saturated rings. The maximum Gasteiger partial charge on any atom is 0.454 e. The van der Waals surface area contributed by atoms with Gasteiger partial charge in [0.15, 0.2) is 0 Å². The van der Waals surface area contributed by atoms with E-state index in [1.807, 2.05) is 14.0 Å². The highest BCUT2D eigenvalue weighted by atomic mass is 35.5. The van der Waals surface area contributed by atoms with Gasteiger partial charge in [0.25, 0.3) is 11.7 Å². The first-order valence-corrected chi connectivity index (χ1v) is 15.6. The molecule has 0 unspecified atom stereocenters. The number of thiophene rings is 1. The topological polar surface area (TPSA) is 58.6 Å². The number of ketones is 1. The van der Waals surface area contributed by atoms with Crippen molar-refractivity contribution in [3.8, 4) is 16.9 Å². The molecule has 0 saturated heterocycles. The van der Waals surface area contributed by atoms with Gasteiger partial charge in [-0.2, -0.15) is 13.2 Å². The molecule has 1 aliphatic rings. The van der Waals surface area contributed by atoms with Crippen LogP contribution >= 0.6 is 22.9 Å². The van der Waals surface area contributed by atoms with E-state index < -0.39 is 35.1 Å². The summed E-state index contributed by atoms with van der Waals surface area (Å²) in [5, 5.41) is 3.00. The molecular weight excluding hydrogens is 635 g/mol. The van der Waals surface area contributed by atoms with E-state index in [0.29, 0.717) is 47.9 Å². The molecule has 1 amide bonds. The summed E-state index contributed by atoms with van der Waals surface area (Å²) < 4.78 is 73.9. The van der Waals surface area contributed by atoms with Crippen molar-refractivity contribution in [1.29, 1.82) is 0 Å². The highest BCUT2D eigenvalue weighted by Crippen LogP contribution is 2.41. The van der Waals surface area contributed by atoms with Crippen molar-refractivity contribution in [3.05, 3.63) is 87.3 Å². The minimum absolute atomic E-state index is 0.0328. The molecule has 5 nitrogen and oxygen atoms in total. The second-order valence-corrected chi connectivity index (χ2v) is 12.3. The molecule has 0 radical (unpaired) electrons. The Labute approximate surface area is 265 Å². The molecule has 12 heteroatoms. The van der Waals surface area contributed by atoms with Crippen molar-refractivity contribution in [2.45, 2.75) is 57.4 Å². The summed E-state index contributed by atoms with van der Waals surface area (Å²) in [7, 11) is 1.89. The standard InChI is InChI=1S/C33H30ClF5N2O3S/c1-3-44-26-15-8-20(18-4-6-19(7-5-18)31(42)33(37,38)39)16-21(26)17-41(23-11-9-22(40-2)10-12-23)32(43)30-28(34)27-24(35)13-14-25(36)29(27)45-30/h4-8,13-16,22-23,40H,3,9-12,17H2,1-2H3/t22-,23-. The summed E-state index contributed by atoms with van der Waals surface area (Å²) in [6.45, 7) is 2.23. The van der Waals surface area contributed by atoms with Crippen molar-refractivity contribution < 1.29 is 36.3 Å². The quantitative estimate of drug-likeness (QED) is 0.144. The molecule has 4 aromatic rings. The third-order valence-corrected chi connectivity index (χ3v) is 9.80. The number of carbonyl (C=O) groups excluding carboxylic acids is 2. The molecule has 1 aliphatic carbocycles. The average molecular weight is 665 g/mol. The average Bonchev–Trinajstić information content (AvgIpc) is 3.39. The molecule has 1 heterocycles. The van der Waals surface area contributed by atoms with Gasteiger partial charge in [0.2, 0.25) is 0 Å². The van der Waals surface area contributed by atoms with E-state index in [9.17, 15) is 31.5 Å². The molecule has 3 aromatic carbocycles. The summed E-state index contributed by atoms with van der Waals surface area (Å²) in [6.07, 6.45) is -1.99. The zero-order valence-corrected chi connectivity index (χ0v) is 26.0. The Morgan fingerprint density at radius 1 is 0.978 bits per heavy atom. The van der Waals surface area contributed by atoms with E-state index >= 15 is 0 Å². The number of nitrogens with one attached hydrogen (secondary N) is 1. The lowest BCUT2D eigenvalue weighted by Crippen LogP contribution is -2.44. The van der Waals surface area contributed by atoms with Gasteiger partial charge in [0.05, 0.1) is 21.7 Å². The zero-order chi connectivity index (χ0) is 32.5. The molecule has 238 valence electrons. The predicted octanol–water partition coefficient (Wildman–Crippen LogP) is 8.82. The Balaban J connectivity index is 1.54. The lowest BCUT2D eigenvalue weighted by atomic mass is 9.89. The van der Waals surface area contributed by atoms with E-state index in [0.717, 1.165) is 48.4 Å². The maximum absolute atomic E-state index is 14.7. The van der Waals surface area contributed by atoms with Crippen LogP contribution < -0.4 is 10.1 Å². The number of halogens is 6. The molecule has 5 rings (SSSR count). The number of amides is 1. The summed E-state index contributed by atoms with van der Waals surface area (Å²) in [5.41, 5.74) is 1.35. The Hall–Kier alpha value is -3.54. The van der Waals surface area contributed by atoms with Crippen LogP contribution in [0.15, 0.2) is 54.6 Å². The van der Waals surface area contributed by atoms with Crippen LogP contribution in [0.2, 0.25) is 5.02 Å². The van der Waals surface area contributed by atoms with Crippen LogP contribution in [0.3, 0.4) is 0 Å². The summed E-state index contributed by atoms with van der Waals surface area (Å²) >= 11 is 7.35. The van der Waals surface area contributed by atoms with Crippen molar-refractivity contribution in [2.24, 2.45) is 0 Å². The van der Waals surface area contributed by atoms with Crippen LogP contribution in [0, 0.1) is 11.6 Å². The van der Waals surface area contributed by atoms with Gasteiger partial charge in [-0.3, -0.25) is 9.59 Å². The fraction of sp³-hybridized carbons (Fsp3) is 0.333. The smallest absolute Gasteiger partial charge is 0.454 e. The van der Waals surface area contributed by atoms with Crippen molar-refractivity contribution >= 4 is 44.7 Å². The zero-order valence-electron chi connectivity index (χ0n) is 24.4. The molecule has 0 aliphatic heterocycles. The van der Waals surface area contributed by atoms with Gasteiger partial charge in [-0.1, -0.05) is 41.9 Å². The van der Waals surface area contributed by atoms with Gasteiger partial charge in [-0.25, -0.2) is 8.78 Å². The number of benzene rings is 3. The van der Waals surface area contributed by atoms with Gasteiger partial charge in [-0.15, -0.1) is 11.3 Å².